The lowest BCUT2D eigenvalue weighted by Crippen LogP contribution is -1.87. The molecule has 1 aromatic rings. The summed E-state index contributed by atoms with van der Waals surface area (Å²) in [5.74, 6) is 0. The maximum Gasteiger partial charge on any atom is 0.265 e. The van der Waals surface area contributed by atoms with Gasteiger partial charge in [0.25, 0.3) is 5.24 Å². The van der Waals surface area contributed by atoms with E-state index in [0.717, 1.165) is 11.5 Å². The Bertz CT molecular complexity index is 339. The molecule has 0 aromatic carbocycles. The summed E-state index contributed by atoms with van der Waals surface area (Å²) in [6, 6.07) is 1.87. The maximum atomic E-state index is 10.6. The van der Waals surface area contributed by atoms with Gasteiger partial charge in [-0.15, -0.1) is 0 Å². The fourth-order valence-corrected chi connectivity index (χ4v) is 1.51. The Balaban J connectivity index is 3.30. The zero-order chi connectivity index (χ0) is 8.43. The van der Waals surface area contributed by atoms with Crippen LogP contribution in [-0.4, -0.2) is 9.62 Å². The molecule has 1 heterocycles. The number of carbonyl (C=O) groups excluding carboxylic acids is 1. The Kier molecular flexibility index (Phi) is 2.22. The van der Waals surface area contributed by atoms with E-state index in [-0.39, 0.29) is 10.4 Å². The van der Waals surface area contributed by atoms with Gasteiger partial charge < -0.3 is 0 Å². The van der Waals surface area contributed by atoms with Crippen LogP contribution in [0.4, 0.5) is 0 Å². The molecule has 0 fully saturated rings. The van der Waals surface area contributed by atoms with Gasteiger partial charge >= 0.3 is 0 Å². The third kappa shape index (κ3) is 1.39. The summed E-state index contributed by atoms with van der Waals surface area (Å²) in [5.41, 5.74) is 0.844. The van der Waals surface area contributed by atoms with E-state index < -0.39 is 5.24 Å². The smallest absolute Gasteiger partial charge is 0.265 e. The molecule has 0 aliphatic carbocycles. The van der Waals surface area contributed by atoms with Gasteiger partial charge in [0.05, 0.1) is 11.3 Å². The van der Waals surface area contributed by atoms with Gasteiger partial charge in [0, 0.05) is 0 Å². The van der Waals surface area contributed by atoms with Crippen LogP contribution in [0, 0.1) is 18.3 Å². The molecule has 0 spiro atoms. The SMILES string of the molecule is Cc1nsc(C(=O)Cl)c1C#N. The van der Waals surface area contributed by atoms with Gasteiger partial charge in [-0.05, 0) is 30.1 Å². The first-order chi connectivity index (χ1) is 5.16. The standard InChI is InChI=1S/C6H3ClN2OS/c1-3-4(2-8)5(6(7)10)11-9-3/h1H3. The van der Waals surface area contributed by atoms with Crippen LogP contribution in [0.5, 0.6) is 0 Å². The molecule has 0 bridgehead atoms. The van der Waals surface area contributed by atoms with E-state index in [1.54, 1.807) is 6.92 Å². The van der Waals surface area contributed by atoms with E-state index >= 15 is 0 Å². The minimum absolute atomic E-state index is 0.228. The molecular weight excluding hydrogens is 184 g/mol. The number of nitriles is 1. The summed E-state index contributed by atoms with van der Waals surface area (Å²) in [5, 5.41) is 7.92. The normalized spacial score (nSPS) is 9.18. The first-order valence-corrected chi connectivity index (χ1v) is 3.88. The van der Waals surface area contributed by atoms with Crippen molar-refractivity contribution in [3.63, 3.8) is 0 Å². The van der Waals surface area contributed by atoms with Crippen LogP contribution in [-0.2, 0) is 0 Å². The predicted octanol–water partition coefficient (Wildman–Crippen LogP) is 1.70. The molecule has 11 heavy (non-hydrogen) atoms. The van der Waals surface area contributed by atoms with Crippen LogP contribution in [0.15, 0.2) is 0 Å². The van der Waals surface area contributed by atoms with Crippen molar-refractivity contribution in [2.24, 2.45) is 0 Å². The number of hydrogen-bond acceptors (Lipinski definition) is 4. The molecule has 56 valence electrons. The number of aryl methyl sites for hydroxylation is 1. The maximum absolute atomic E-state index is 10.6. The second-order valence-corrected chi connectivity index (χ2v) is 2.97. The quantitative estimate of drug-likeness (QED) is 0.628. The van der Waals surface area contributed by atoms with Crippen molar-refractivity contribution in [3.05, 3.63) is 16.1 Å². The fourth-order valence-electron chi connectivity index (χ4n) is 0.636. The first kappa shape index (κ1) is 8.18. The molecule has 0 saturated heterocycles. The monoisotopic (exact) mass is 186 g/mol. The molecule has 5 heteroatoms. The van der Waals surface area contributed by atoms with Crippen LogP contribution >= 0.6 is 23.1 Å². The van der Waals surface area contributed by atoms with Crippen molar-refractivity contribution in [3.8, 4) is 6.07 Å². The second kappa shape index (κ2) is 2.99. The summed E-state index contributed by atoms with van der Waals surface area (Å²) in [6.45, 7) is 1.67. The number of hydrogen-bond donors (Lipinski definition) is 0. The first-order valence-electron chi connectivity index (χ1n) is 2.73. The van der Waals surface area contributed by atoms with E-state index in [2.05, 4.69) is 4.37 Å². The molecule has 1 aromatic heterocycles. The number of carbonyl (C=O) groups is 1. The molecule has 0 amide bonds. The zero-order valence-corrected chi connectivity index (χ0v) is 7.16. The summed E-state index contributed by atoms with van der Waals surface area (Å²) in [6.07, 6.45) is 0. The van der Waals surface area contributed by atoms with Crippen LogP contribution in [0.1, 0.15) is 20.9 Å². The summed E-state index contributed by atoms with van der Waals surface area (Å²) < 4.78 is 3.82. The highest BCUT2D eigenvalue weighted by Crippen LogP contribution is 2.18. The highest BCUT2D eigenvalue weighted by molar-refractivity contribution is 7.10. The number of rotatable bonds is 1. The molecule has 0 atom stereocenters. The molecular formula is C6H3ClN2OS. The summed E-state index contributed by atoms with van der Waals surface area (Å²) >= 11 is 6.14. The number of nitrogens with zero attached hydrogens (tertiary/aromatic N) is 2. The molecule has 0 unspecified atom stereocenters. The van der Waals surface area contributed by atoms with Gasteiger partial charge in [-0.3, -0.25) is 4.79 Å². The lowest BCUT2D eigenvalue weighted by atomic mass is 10.2. The molecule has 1 rings (SSSR count). The van der Waals surface area contributed by atoms with E-state index in [4.69, 9.17) is 16.9 Å². The third-order valence-corrected chi connectivity index (χ3v) is 2.39. The van der Waals surface area contributed by atoms with Crippen molar-refractivity contribution in [2.75, 3.05) is 0 Å². The van der Waals surface area contributed by atoms with Crippen molar-refractivity contribution in [1.82, 2.24) is 4.37 Å². The average Bonchev–Trinajstić information content (AvgIpc) is 2.30. The third-order valence-electron chi connectivity index (χ3n) is 1.15. The number of aromatic nitrogens is 1. The number of halogens is 1. The highest BCUT2D eigenvalue weighted by Gasteiger charge is 2.14. The Hall–Kier alpha value is -0.920. The van der Waals surface area contributed by atoms with Crippen LogP contribution in [0.2, 0.25) is 0 Å². The van der Waals surface area contributed by atoms with Gasteiger partial charge in [0.2, 0.25) is 0 Å². The van der Waals surface area contributed by atoms with E-state index in [9.17, 15) is 4.79 Å². The van der Waals surface area contributed by atoms with E-state index in [0.29, 0.717) is 5.69 Å². The zero-order valence-electron chi connectivity index (χ0n) is 5.59. The van der Waals surface area contributed by atoms with Gasteiger partial charge in [0.15, 0.2) is 0 Å². The molecule has 0 saturated carbocycles. The Morgan fingerprint density at radius 3 is 2.82 bits per heavy atom. The van der Waals surface area contributed by atoms with Crippen LogP contribution < -0.4 is 0 Å². The minimum Gasteiger partial charge on any atom is -0.275 e. The van der Waals surface area contributed by atoms with E-state index in [1.807, 2.05) is 6.07 Å². The van der Waals surface area contributed by atoms with Crippen LogP contribution in [0.3, 0.4) is 0 Å². The minimum atomic E-state index is -0.618. The van der Waals surface area contributed by atoms with Gasteiger partial charge in [-0.2, -0.15) is 9.64 Å². The molecule has 0 N–H and O–H groups in total. The highest BCUT2D eigenvalue weighted by atomic mass is 35.5. The van der Waals surface area contributed by atoms with Crippen LogP contribution in [0.25, 0.3) is 0 Å². The van der Waals surface area contributed by atoms with Crippen molar-refractivity contribution in [1.29, 1.82) is 5.26 Å². The van der Waals surface area contributed by atoms with Crippen molar-refractivity contribution < 1.29 is 4.79 Å². The lowest BCUT2D eigenvalue weighted by molar-refractivity contribution is 0.108. The van der Waals surface area contributed by atoms with Gasteiger partial charge in [0.1, 0.15) is 10.9 Å². The largest absolute Gasteiger partial charge is 0.275 e. The van der Waals surface area contributed by atoms with E-state index in [1.165, 1.54) is 0 Å². The Morgan fingerprint density at radius 1 is 1.82 bits per heavy atom. The topological polar surface area (TPSA) is 53.8 Å². The fraction of sp³-hybridized carbons (Fsp3) is 0.167. The molecule has 0 radical (unpaired) electrons. The average molecular weight is 187 g/mol. The summed E-state index contributed by atoms with van der Waals surface area (Å²) in [7, 11) is 0. The molecule has 0 aliphatic rings. The van der Waals surface area contributed by atoms with Crippen molar-refractivity contribution in [2.45, 2.75) is 6.92 Å². The molecule has 3 nitrogen and oxygen atoms in total. The Morgan fingerprint density at radius 2 is 2.45 bits per heavy atom. The lowest BCUT2D eigenvalue weighted by Gasteiger charge is -1.84. The van der Waals surface area contributed by atoms with Gasteiger partial charge in [-0.1, -0.05) is 0 Å². The van der Waals surface area contributed by atoms with Crippen molar-refractivity contribution >= 4 is 28.4 Å². The predicted molar refractivity (Wildman–Crippen MR) is 41.7 cm³/mol. The second-order valence-electron chi connectivity index (χ2n) is 1.86. The molecule has 0 aliphatic heterocycles. The van der Waals surface area contributed by atoms with Gasteiger partial charge in [-0.25, -0.2) is 0 Å². The Labute approximate surface area is 72.4 Å². The summed E-state index contributed by atoms with van der Waals surface area (Å²) in [4.78, 5) is 10.9.